The van der Waals surface area contributed by atoms with E-state index in [0.717, 1.165) is 25.1 Å². The number of nitrogens with one attached hydrogen (secondary N) is 1. The van der Waals surface area contributed by atoms with E-state index >= 15 is 0 Å². The Balaban J connectivity index is 1.79. The lowest BCUT2D eigenvalue weighted by atomic mass is 10.1. The van der Waals surface area contributed by atoms with E-state index in [2.05, 4.69) is 16.5 Å². The van der Waals surface area contributed by atoms with Crippen LogP contribution in [0.5, 0.6) is 0 Å². The first-order valence-electron chi connectivity index (χ1n) is 4.87. The van der Waals surface area contributed by atoms with E-state index in [0.29, 0.717) is 6.10 Å². The van der Waals surface area contributed by atoms with Gasteiger partial charge in [0, 0.05) is 13.2 Å². The first-order valence-corrected chi connectivity index (χ1v) is 4.87. The Labute approximate surface area is 83.6 Å². The minimum atomic E-state index is 0.292. The SMILES string of the molecule is Cn1cc(NCC2CCC=CO2)cn1. The Morgan fingerprint density at radius 2 is 2.64 bits per heavy atom. The van der Waals surface area contributed by atoms with Crippen LogP contribution in [-0.4, -0.2) is 22.4 Å². The Hall–Kier alpha value is -1.45. The second-order valence-corrected chi connectivity index (χ2v) is 3.49. The zero-order valence-corrected chi connectivity index (χ0v) is 8.31. The van der Waals surface area contributed by atoms with Crippen LogP contribution in [-0.2, 0) is 11.8 Å². The van der Waals surface area contributed by atoms with E-state index in [1.807, 2.05) is 19.4 Å². The molecule has 76 valence electrons. The molecule has 4 heteroatoms. The van der Waals surface area contributed by atoms with Crippen LogP contribution in [0.3, 0.4) is 0 Å². The molecular formula is C10H15N3O. The van der Waals surface area contributed by atoms with Crippen LogP contribution in [0.15, 0.2) is 24.7 Å². The number of aromatic nitrogens is 2. The lowest BCUT2D eigenvalue weighted by molar-refractivity contribution is 0.135. The first-order chi connectivity index (χ1) is 6.84. The smallest absolute Gasteiger partial charge is 0.115 e. The monoisotopic (exact) mass is 193 g/mol. The van der Waals surface area contributed by atoms with Crippen LogP contribution in [0.1, 0.15) is 12.8 Å². The van der Waals surface area contributed by atoms with Gasteiger partial charge in [0.15, 0.2) is 0 Å². The normalized spacial score (nSPS) is 20.5. The highest BCUT2D eigenvalue weighted by Crippen LogP contribution is 2.11. The molecule has 0 bridgehead atoms. The molecule has 0 radical (unpaired) electrons. The van der Waals surface area contributed by atoms with Crippen LogP contribution >= 0.6 is 0 Å². The van der Waals surface area contributed by atoms with Gasteiger partial charge in [-0.1, -0.05) is 0 Å². The van der Waals surface area contributed by atoms with Crippen LogP contribution in [0.2, 0.25) is 0 Å². The largest absolute Gasteiger partial charge is 0.497 e. The lowest BCUT2D eigenvalue weighted by Crippen LogP contribution is -2.22. The fourth-order valence-electron chi connectivity index (χ4n) is 1.48. The predicted octanol–water partition coefficient (Wildman–Crippen LogP) is 1.52. The maximum absolute atomic E-state index is 5.44. The van der Waals surface area contributed by atoms with E-state index < -0.39 is 0 Å². The van der Waals surface area contributed by atoms with Crippen molar-refractivity contribution in [3.05, 3.63) is 24.7 Å². The minimum Gasteiger partial charge on any atom is -0.497 e. The summed E-state index contributed by atoms with van der Waals surface area (Å²) in [6, 6.07) is 0. The van der Waals surface area contributed by atoms with Gasteiger partial charge in [-0.05, 0) is 18.9 Å². The molecule has 1 aliphatic heterocycles. The summed E-state index contributed by atoms with van der Waals surface area (Å²) in [5.74, 6) is 0. The standard InChI is InChI=1S/C10H15N3O/c1-13-8-9(6-12-13)11-7-10-4-2-3-5-14-10/h3,5-6,8,10-11H,2,4,7H2,1H3. The van der Waals surface area contributed by atoms with Gasteiger partial charge >= 0.3 is 0 Å². The summed E-state index contributed by atoms with van der Waals surface area (Å²) in [5.41, 5.74) is 1.05. The molecule has 1 aliphatic rings. The fourth-order valence-corrected chi connectivity index (χ4v) is 1.48. The van der Waals surface area contributed by atoms with E-state index in [-0.39, 0.29) is 0 Å². The van der Waals surface area contributed by atoms with Crippen molar-refractivity contribution in [1.29, 1.82) is 0 Å². The van der Waals surface area contributed by atoms with Gasteiger partial charge < -0.3 is 10.1 Å². The molecule has 1 aromatic rings. The molecule has 1 aromatic heterocycles. The molecule has 0 amide bonds. The molecule has 0 saturated heterocycles. The summed E-state index contributed by atoms with van der Waals surface area (Å²) < 4.78 is 7.22. The van der Waals surface area contributed by atoms with Crippen molar-refractivity contribution in [2.45, 2.75) is 18.9 Å². The fraction of sp³-hybridized carbons (Fsp3) is 0.500. The number of rotatable bonds is 3. The first kappa shape index (κ1) is 9.12. The van der Waals surface area contributed by atoms with E-state index in [9.17, 15) is 0 Å². The number of anilines is 1. The van der Waals surface area contributed by atoms with Crippen molar-refractivity contribution in [2.75, 3.05) is 11.9 Å². The molecule has 0 spiro atoms. The topological polar surface area (TPSA) is 39.1 Å². The summed E-state index contributed by atoms with van der Waals surface area (Å²) in [6.45, 7) is 0.843. The molecule has 0 aliphatic carbocycles. The third-order valence-corrected chi connectivity index (χ3v) is 2.26. The van der Waals surface area contributed by atoms with Crippen LogP contribution in [0.4, 0.5) is 5.69 Å². The van der Waals surface area contributed by atoms with Gasteiger partial charge in [-0.15, -0.1) is 0 Å². The summed E-state index contributed by atoms with van der Waals surface area (Å²) in [6.07, 6.45) is 10.1. The number of aryl methyl sites for hydroxylation is 1. The number of nitrogens with zero attached hydrogens (tertiary/aromatic N) is 2. The molecule has 0 aromatic carbocycles. The molecule has 1 N–H and O–H groups in total. The number of ether oxygens (including phenoxy) is 1. The number of hydrogen-bond acceptors (Lipinski definition) is 3. The van der Waals surface area contributed by atoms with E-state index in [1.165, 1.54) is 0 Å². The highest BCUT2D eigenvalue weighted by Gasteiger charge is 2.10. The van der Waals surface area contributed by atoms with Crippen molar-refractivity contribution in [3.63, 3.8) is 0 Å². The highest BCUT2D eigenvalue weighted by molar-refractivity contribution is 5.38. The molecule has 4 nitrogen and oxygen atoms in total. The van der Waals surface area contributed by atoms with Gasteiger partial charge in [0.1, 0.15) is 6.10 Å². The lowest BCUT2D eigenvalue weighted by Gasteiger charge is -2.19. The molecule has 0 saturated carbocycles. The Morgan fingerprint density at radius 3 is 3.29 bits per heavy atom. The Kier molecular flexibility index (Phi) is 2.72. The van der Waals surface area contributed by atoms with Crippen molar-refractivity contribution in [3.8, 4) is 0 Å². The zero-order chi connectivity index (χ0) is 9.80. The van der Waals surface area contributed by atoms with E-state index in [1.54, 1.807) is 10.9 Å². The summed E-state index contributed by atoms with van der Waals surface area (Å²) in [4.78, 5) is 0. The zero-order valence-electron chi connectivity index (χ0n) is 8.31. The van der Waals surface area contributed by atoms with Gasteiger partial charge in [0.25, 0.3) is 0 Å². The third kappa shape index (κ3) is 2.28. The Bertz CT molecular complexity index is 319. The number of hydrogen-bond donors (Lipinski definition) is 1. The van der Waals surface area contributed by atoms with E-state index in [4.69, 9.17) is 4.74 Å². The van der Waals surface area contributed by atoms with Crippen LogP contribution in [0.25, 0.3) is 0 Å². The molecular weight excluding hydrogens is 178 g/mol. The highest BCUT2D eigenvalue weighted by atomic mass is 16.5. The second kappa shape index (κ2) is 4.17. The van der Waals surface area contributed by atoms with Crippen molar-refractivity contribution >= 4 is 5.69 Å². The van der Waals surface area contributed by atoms with Crippen LogP contribution < -0.4 is 5.32 Å². The quantitative estimate of drug-likeness (QED) is 0.791. The molecule has 0 fully saturated rings. The summed E-state index contributed by atoms with van der Waals surface area (Å²) in [7, 11) is 1.91. The van der Waals surface area contributed by atoms with Crippen molar-refractivity contribution in [2.24, 2.45) is 7.05 Å². The maximum atomic E-state index is 5.44. The molecule has 1 atom stereocenters. The second-order valence-electron chi connectivity index (χ2n) is 3.49. The molecule has 14 heavy (non-hydrogen) atoms. The van der Waals surface area contributed by atoms with Gasteiger partial charge in [-0.3, -0.25) is 4.68 Å². The summed E-state index contributed by atoms with van der Waals surface area (Å²) >= 11 is 0. The minimum absolute atomic E-state index is 0.292. The van der Waals surface area contributed by atoms with Gasteiger partial charge in [-0.2, -0.15) is 5.10 Å². The average Bonchev–Trinajstić information content (AvgIpc) is 2.63. The molecule has 2 rings (SSSR count). The summed E-state index contributed by atoms with van der Waals surface area (Å²) in [5, 5.41) is 7.37. The van der Waals surface area contributed by atoms with Gasteiger partial charge in [0.05, 0.1) is 24.7 Å². The average molecular weight is 193 g/mol. The van der Waals surface area contributed by atoms with Gasteiger partial charge in [0.2, 0.25) is 0 Å². The molecule has 1 unspecified atom stereocenters. The third-order valence-electron chi connectivity index (χ3n) is 2.26. The van der Waals surface area contributed by atoms with Gasteiger partial charge in [-0.25, -0.2) is 0 Å². The van der Waals surface area contributed by atoms with Crippen molar-refractivity contribution < 1.29 is 4.74 Å². The molecule has 2 heterocycles. The van der Waals surface area contributed by atoms with Crippen LogP contribution in [0, 0.1) is 0 Å². The maximum Gasteiger partial charge on any atom is 0.115 e. The Morgan fingerprint density at radius 1 is 1.71 bits per heavy atom. The number of allylic oxidation sites excluding steroid dienone is 1. The predicted molar refractivity (Wildman–Crippen MR) is 54.9 cm³/mol. The van der Waals surface area contributed by atoms with Crippen molar-refractivity contribution in [1.82, 2.24) is 9.78 Å².